The zero-order chi connectivity index (χ0) is 20.7. The third-order valence-electron chi connectivity index (χ3n) is 4.88. The molecule has 0 N–H and O–H groups in total. The van der Waals surface area contributed by atoms with Crippen LogP contribution < -0.4 is 14.8 Å². The average Bonchev–Trinajstić information content (AvgIpc) is 3.41. The van der Waals surface area contributed by atoms with E-state index in [0.29, 0.717) is 27.7 Å². The molecule has 5 rings (SSSR count). The fraction of sp³-hybridized carbons (Fsp3) is 0.174. The van der Waals surface area contributed by atoms with Crippen molar-refractivity contribution in [1.29, 1.82) is 0 Å². The SMILES string of the molecule is CCCOc1ccc(/C=c2/sc3nc(-c4oc5ccccc5c4C)nn3c2=O)cc1. The Morgan fingerprint density at radius 1 is 1.17 bits per heavy atom. The number of aromatic nitrogens is 3. The minimum atomic E-state index is -0.186. The van der Waals surface area contributed by atoms with Gasteiger partial charge in [-0.15, -0.1) is 5.10 Å². The van der Waals surface area contributed by atoms with E-state index in [4.69, 9.17) is 9.15 Å². The summed E-state index contributed by atoms with van der Waals surface area (Å²) < 4.78 is 13.5. The van der Waals surface area contributed by atoms with Crippen LogP contribution in [-0.4, -0.2) is 21.2 Å². The van der Waals surface area contributed by atoms with Gasteiger partial charge in [0.05, 0.1) is 11.1 Å². The van der Waals surface area contributed by atoms with Crippen LogP contribution in [-0.2, 0) is 0 Å². The van der Waals surface area contributed by atoms with Gasteiger partial charge in [-0.1, -0.05) is 48.6 Å². The van der Waals surface area contributed by atoms with Crippen LogP contribution >= 0.6 is 11.3 Å². The molecule has 0 saturated heterocycles. The van der Waals surface area contributed by atoms with Gasteiger partial charge in [0.25, 0.3) is 5.56 Å². The van der Waals surface area contributed by atoms with E-state index in [1.54, 1.807) is 0 Å². The van der Waals surface area contributed by atoms with Gasteiger partial charge < -0.3 is 9.15 Å². The second-order valence-electron chi connectivity index (χ2n) is 7.02. The van der Waals surface area contributed by atoms with Gasteiger partial charge in [-0.25, -0.2) is 0 Å². The van der Waals surface area contributed by atoms with Crippen molar-refractivity contribution in [3.05, 3.63) is 74.5 Å². The molecule has 5 aromatic rings. The summed E-state index contributed by atoms with van der Waals surface area (Å²) in [7, 11) is 0. The maximum Gasteiger partial charge on any atom is 0.291 e. The molecule has 0 amide bonds. The van der Waals surface area contributed by atoms with E-state index in [0.717, 1.165) is 34.3 Å². The lowest BCUT2D eigenvalue weighted by Gasteiger charge is -2.03. The number of benzene rings is 2. The normalized spacial score (nSPS) is 12.3. The standard InChI is InChI=1S/C23H19N3O3S/c1-3-12-28-16-10-8-15(9-11-16)13-19-22(27)26-23(30-19)24-21(25-26)20-14(2)17-6-4-5-7-18(17)29-20/h4-11,13H,3,12H2,1-2H3/b19-13+. The lowest BCUT2D eigenvalue weighted by Crippen LogP contribution is -2.23. The number of para-hydroxylation sites is 1. The highest BCUT2D eigenvalue weighted by Crippen LogP contribution is 2.31. The highest BCUT2D eigenvalue weighted by Gasteiger charge is 2.18. The topological polar surface area (TPSA) is 69.6 Å². The van der Waals surface area contributed by atoms with E-state index in [1.807, 2.05) is 61.5 Å². The number of thiazole rings is 1. The van der Waals surface area contributed by atoms with Crippen molar-refractivity contribution in [2.45, 2.75) is 20.3 Å². The Morgan fingerprint density at radius 2 is 1.97 bits per heavy atom. The summed E-state index contributed by atoms with van der Waals surface area (Å²) in [6, 6.07) is 15.5. The predicted octanol–water partition coefficient (Wildman–Crippen LogP) is 4.21. The van der Waals surface area contributed by atoms with Gasteiger partial charge in [-0.05, 0) is 43.2 Å². The number of furan rings is 1. The van der Waals surface area contributed by atoms with Crippen LogP contribution in [0.25, 0.3) is 33.6 Å². The number of hydrogen-bond donors (Lipinski definition) is 0. The molecule has 3 heterocycles. The van der Waals surface area contributed by atoms with E-state index in [2.05, 4.69) is 17.0 Å². The van der Waals surface area contributed by atoms with Crippen molar-refractivity contribution in [3.63, 3.8) is 0 Å². The molecule has 0 saturated carbocycles. The number of fused-ring (bicyclic) bond motifs is 2. The predicted molar refractivity (Wildman–Crippen MR) is 118 cm³/mol. The molecule has 0 radical (unpaired) electrons. The Hall–Kier alpha value is -3.45. The van der Waals surface area contributed by atoms with E-state index >= 15 is 0 Å². The zero-order valence-electron chi connectivity index (χ0n) is 16.6. The number of hydrogen-bond acceptors (Lipinski definition) is 6. The molecule has 0 atom stereocenters. The first-order chi connectivity index (χ1) is 14.6. The molecule has 3 aromatic heterocycles. The molecule has 0 aliphatic rings. The Labute approximate surface area is 176 Å². The minimum absolute atomic E-state index is 0.186. The summed E-state index contributed by atoms with van der Waals surface area (Å²) in [5.74, 6) is 1.85. The molecule has 7 heteroatoms. The number of ether oxygens (including phenoxy) is 1. The number of nitrogens with zero attached hydrogens (tertiary/aromatic N) is 3. The molecular weight excluding hydrogens is 398 g/mol. The maximum absolute atomic E-state index is 12.8. The number of aryl methyl sites for hydroxylation is 1. The van der Waals surface area contributed by atoms with Crippen LogP contribution in [0.5, 0.6) is 5.75 Å². The maximum atomic E-state index is 12.8. The summed E-state index contributed by atoms with van der Waals surface area (Å²) in [5.41, 5.74) is 2.49. The quantitative estimate of drug-likeness (QED) is 0.428. The first-order valence-corrected chi connectivity index (χ1v) is 10.6. The lowest BCUT2D eigenvalue weighted by molar-refractivity contribution is 0.317. The Bertz CT molecular complexity index is 1460. The van der Waals surface area contributed by atoms with Crippen molar-refractivity contribution < 1.29 is 9.15 Å². The molecule has 150 valence electrons. The van der Waals surface area contributed by atoms with Crippen molar-refractivity contribution in [2.75, 3.05) is 6.61 Å². The second-order valence-corrected chi connectivity index (χ2v) is 8.02. The van der Waals surface area contributed by atoms with Crippen molar-refractivity contribution in [2.24, 2.45) is 0 Å². The van der Waals surface area contributed by atoms with Gasteiger partial charge >= 0.3 is 0 Å². The largest absolute Gasteiger partial charge is 0.494 e. The van der Waals surface area contributed by atoms with Gasteiger partial charge in [0.1, 0.15) is 11.3 Å². The first kappa shape index (κ1) is 18.6. The lowest BCUT2D eigenvalue weighted by atomic mass is 10.1. The molecule has 0 aliphatic heterocycles. The number of rotatable bonds is 5. The van der Waals surface area contributed by atoms with Gasteiger partial charge in [0, 0.05) is 10.9 Å². The van der Waals surface area contributed by atoms with E-state index in [-0.39, 0.29) is 5.56 Å². The molecular formula is C23H19N3O3S. The second kappa shape index (κ2) is 7.42. The van der Waals surface area contributed by atoms with Crippen LogP contribution in [0.15, 0.2) is 57.7 Å². The van der Waals surface area contributed by atoms with E-state index in [1.165, 1.54) is 15.9 Å². The molecule has 0 unspecified atom stereocenters. The van der Waals surface area contributed by atoms with E-state index < -0.39 is 0 Å². The van der Waals surface area contributed by atoms with Crippen LogP contribution in [0.4, 0.5) is 0 Å². The fourth-order valence-corrected chi connectivity index (χ4v) is 4.26. The van der Waals surface area contributed by atoms with Gasteiger partial charge in [0.2, 0.25) is 10.8 Å². The highest BCUT2D eigenvalue weighted by atomic mass is 32.1. The minimum Gasteiger partial charge on any atom is -0.494 e. The van der Waals surface area contributed by atoms with Crippen LogP contribution in [0.2, 0.25) is 0 Å². The molecule has 2 aromatic carbocycles. The van der Waals surface area contributed by atoms with Crippen LogP contribution in [0.1, 0.15) is 24.5 Å². The third-order valence-corrected chi connectivity index (χ3v) is 5.84. The Morgan fingerprint density at radius 3 is 2.70 bits per heavy atom. The van der Waals surface area contributed by atoms with Gasteiger partial charge in [0.15, 0.2) is 5.76 Å². The zero-order valence-corrected chi connectivity index (χ0v) is 17.4. The summed E-state index contributed by atoms with van der Waals surface area (Å²) in [4.78, 5) is 17.9. The summed E-state index contributed by atoms with van der Waals surface area (Å²) in [6.07, 6.45) is 2.81. The summed E-state index contributed by atoms with van der Waals surface area (Å²) >= 11 is 1.31. The Balaban J connectivity index is 1.51. The molecule has 0 bridgehead atoms. The average molecular weight is 417 g/mol. The summed E-state index contributed by atoms with van der Waals surface area (Å²) in [5, 5.41) is 5.44. The smallest absolute Gasteiger partial charge is 0.291 e. The van der Waals surface area contributed by atoms with E-state index in [9.17, 15) is 4.79 Å². The fourth-order valence-electron chi connectivity index (χ4n) is 3.35. The van der Waals surface area contributed by atoms with Gasteiger partial charge in [-0.3, -0.25) is 4.79 Å². The molecule has 30 heavy (non-hydrogen) atoms. The van der Waals surface area contributed by atoms with Crippen molar-refractivity contribution >= 4 is 33.3 Å². The van der Waals surface area contributed by atoms with Crippen molar-refractivity contribution in [3.8, 4) is 17.3 Å². The van der Waals surface area contributed by atoms with Crippen LogP contribution in [0, 0.1) is 6.92 Å². The first-order valence-electron chi connectivity index (χ1n) is 9.76. The summed E-state index contributed by atoms with van der Waals surface area (Å²) in [6.45, 7) is 4.73. The highest BCUT2D eigenvalue weighted by molar-refractivity contribution is 7.15. The molecule has 0 spiro atoms. The molecule has 6 nitrogen and oxygen atoms in total. The van der Waals surface area contributed by atoms with Crippen molar-refractivity contribution in [1.82, 2.24) is 14.6 Å². The monoisotopic (exact) mass is 417 g/mol. The molecule has 0 fully saturated rings. The van der Waals surface area contributed by atoms with Gasteiger partial charge in [-0.2, -0.15) is 9.50 Å². The third kappa shape index (κ3) is 3.17. The van der Waals surface area contributed by atoms with Crippen LogP contribution in [0.3, 0.4) is 0 Å². The Kier molecular flexibility index (Phi) is 4.59. The molecule has 0 aliphatic carbocycles.